The quantitative estimate of drug-likeness (QED) is 0.722. The number of carbonyl (C=O) groups excluding carboxylic acids is 1. The fourth-order valence-electron chi connectivity index (χ4n) is 2.29. The molecule has 3 heteroatoms. The molecule has 0 radical (unpaired) electrons. The van der Waals surface area contributed by atoms with E-state index in [4.69, 9.17) is 0 Å². The number of rotatable bonds is 1. The number of nitrogens with zero attached hydrogens (tertiary/aromatic N) is 1. The highest BCUT2D eigenvalue weighted by Gasteiger charge is 2.13. The zero-order chi connectivity index (χ0) is 13.6. The van der Waals surface area contributed by atoms with Crippen molar-refractivity contribution in [3.05, 3.63) is 50.4 Å². The maximum atomic E-state index is 12.3. The largest absolute Gasteiger partial charge is 0.294 e. The Labute approximate surface area is 106 Å². The minimum Gasteiger partial charge on any atom is -0.294 e. The molecule has 2 rings (SSSR count). The van der Waals surface area contributed by atoms with Gasteiger partial charge < -0.3 is 0 Å². The summed E-state index contributed by atoms with van der Waals surface area (Å²) >= 11 is 0. The first-order valence-corrected chi connectivity index (χ1v) is 5.98. The first-order chi connectivity index (χ1) is 8.34. The van der Waals surface area contributed by atoms with E-state index >= 15 is 0 Å². The number of Topliss-reactive ketones (excluding diaryl/α,β-unsaturated/α-hetero) is 1. The van der Waals surface area contributed by atoms with Crippen molar-refractivity contribution in [3.63, 3.8) is 0 Å². The van der Waals surface area contributed by atoms with E-state index in [0.717, 1.165) is 27.9 Å². The van der Waals surface area contributed by atoms with Crippen molar-refractivity contribution in [2.45, 2.75) is 34.6 Å². The number of ketones is 1. The summed E-state index contributed by atoms with van der Waals surface area (Å²) in [5, 5.41) is 0. The first kappa shape index (κ1) is 12.6. The molecule has 2 heterocycles. The molecule has 0 atom stereocenters. The average Bonchev–Trinajstić information content (AvgIpc) is 2.30. The van der Waals surface area contributed by atoms with Crippen LogP contribution in [0, 0.1) is 27.7 Å². The summed E-state index contributed by atoms with van der Waals surface area (Å²) in [7, 11) is 0. The molecule has 0 aliphatic heterocycles. The van der Waals surface area contributed by atoms with E-state index in [0.29, 0.717) is 0 Å². The number of hydrogen-bond donors (Lipinski definition) is 0. The van der Waals surface area contributed by atoms with Gasteiger partial charge in [0.2, 0.25) is 0 Å². The molecule has 0 unspecified atom stereocenters. The van der Waals surface area contributed by atoms with Crippen LogP contribution >= 0.6 is 0 Å². The summed E-state index contributed by atoms with van der Waals surface area (Å²) in [6.45, 7) is 9.30. The van der Waals surface area contributed by atoms with Crippen molar-refractivity contribution < 1.29 is 4.79 Å². The highest BCUT2D eigenvalue weighted by Crippen LogP contribution is 2.18. The van der Waals surface area contributed by atoms with E-state index in [1.807, 2.05) is 33.8 Å². The minimum atomic E-state index is -0.219. The Morgan fingerprint density at radius 3 is 2.22 bits per heavy atom. The lowest BCUT2D eigenvalue weighted by Crippen LogP contribution is -2.24. The van der Waals surface area contributed by atoms with E-state index in [1.54, 1.807) is 10.5 Å². The van der Waals surface area contributed by atoms with Crippen molar-refractivity contribution in [2.24, 2.45) is 0 Å². The summed E-state index contributed by atoms with van der Waals surface area (Å²) in [6.07, 6.45) is 0. The molecule has 0 bridgehead atoms. The van der Waals surface area contributed by atoms with Gasteiger partial charge in [-0.25, -0.2) is 0 Å². The fourth-order valence-corrected chi connectivity index (χ4v) is 2.29. The molecule has 0 aliphatic rings. The Balaban J connectivity index is 3.10. The number of pyridine rings is 2. The lowest BCUT2D eigenvalue weighted by atomic mass is 10.0. The van der Waals surface area contributed by atoms with Crippen molar-refractivity contribution in [1.29, 1.82) is 0 Å². The van der Waals surface area contributed by atoms with Crippen LogP contribution in [0.15, 0.2) is 16.9 Å². The summed E-state index contributed by atoms with van der Waals surface area (Å²) in [5.41, 5.74) is 5.02. The predicted octanol–water partition coefficient (Wildman–Crippen LogP) is 2.74. The molecule has 94 valence electrons. The average molecular weight is 243 g/mol. The van der Waals surface area contributed by atoms with Gasteiger partial charge >= 0.3 is 0 Å². The monoisotopic (exact) mass is 243 g/mol. The Morgan fingerprint density at radius 1 is 1.06 bits per heavy atom. The first-order valence-electron chi connectivity index (χ1n) is 5.98. The van der Waals surface area contributed by atoms with E-state index < -0.39 is 0 Å². The number of hydrogen-bond acceptors (Lipinski definition) is 2. The molecule has 0 N–H and O–H groups in total. The van der Waals surface area contributed by atoms with Crippen LogP contribution < -0.4 is 5.56 Å². The number of fused-ring (bicyclic) bond motifs is 1. The van der Waals surface area contributed by atoms with Gasteiger partial charge in [-0.15, -0.1) is 0 Å². The molecule has 0 fully saturated rings. The number of aromatic nitrogens is 1. The maximum absolute atomic E-state index is 12.3. The van der Waals surface area contributed by atoms with E-state index in [1.165, 1.54) is 6.92 Å². The third-order valence-electron chi connectivity index (χ3n) is 3.64. The third-order valence-corrected chi connectivity index (χ3v) is 3.64. The predicted molar refractivity (Wildman–Crippen MR) is 72.6 cm³/mol. The van der Waals surface area contributed by atoms with Crippen molar-refractivity contribution >= 4 is 11.3 Å². The SMILES string of the molecule is CC(=O)c1cc(C)c2cc(C)c(C)c(C)n2c1=O. The zero-order valence-corrected chi connectivity index (χ0v) is 11.4. The second-order valence-electron chi connectivity index (χ2n) is 4.86. The molecule has 0 saturated heterocycles. The molecular formula is C15H17NO2. The molecule has 0 spiro atoms. The van der Waals surface area contributed by atoms with E-state index in [9.17, 15) is 9.59 Å². The van der Waals surface area contributed by atoms with Crippen LogP contribution in [0.1, 0.15) is 39.7 Å². The summed E-state index contributed by atoms with van der Waals surface area (Å²) in [6, 6.07) is 3.69. The zero-order valence-electron chi connectivity index (χ0n) is 11.4. The molecule has 0 aliphatic carbocycles. The Kier molecular flexibility index (Phi) is 2.85. The van der Waals surface area contributed by atoms with Crippen LogP contribution in [0.2, 0.25) is 0 Å². The standard InChI is InChI=1S/C15H17NO2/c1-8-7-14-9(2)6-13(12(5)17)15(18)16(14)11(4)10(8)3/h6-7H,1-5H3. The minimum absolute atomic E-state index is 0.185. The topological polar surface area (TPSA) is 38.5 Å². The second-order valence-corrected chi connectivity index (χ2v) is 4.86. The molecule has 0 saturated carbocycles. The molecule has 2 aromatic heterocycles. The van der Waals surface area contributed by atoms with Gasteiger partial charge in [-0.05, 0) is 63.4 Å². The van der Waals surface area contributed by atoms with Crippen LogP contribution in [-0.4, -0.2) is 10.2 Å². The van der Waals surface area contributed by atoms with E-state index in [-0.39, 0.29) is 16.9 Å². The van der Waals surface area contributed by atoms with Gasteiger partial charge in [-0.2, -0.15) is 0 Å². The van der Waals surface area contributed by atoms with Crippen molar-refractivity contribution in [1.82, 2.24) is 4.40 Å². The van der Waals surface area contributed by atoms with Crippen molar-refractivity contribution in [2.75, 3.05) is 0 Å². The van der Waals surface area contributed by atoms with Gasteiger partial charge in [0.25, 0.3) is 5.56 Å². The molecule has 18 heavy (non-hydrogen) atoms. The van der Waals surface area contributed by atoms with E-state index in [2.05, 4.69) is 0 Å². The lowest BCUT2D eigenvalue weighted by Gasteiger charge is -2.14. The maximum Gasteiger partial charge on any atom is 0.266 e. The van der Waals surface area contributed by atoms with Crippen LogP contribution in [-0.2, 0) is 0 Å². The van der Waals surface area contributed by atoms with Gasteiger partial charge in [0.1, 0.15) is 0 Å². The Morgan fingerprint density at radius 2 is 1.67 bits per heavy atom. The molecule has 3 nitrogen and oxygen atoms in total. The van der Waals surface area contributed by atoms with Gasteiger partial charge in [0.05, 0.1) is 11.1 Å². The smallest absolute Gasteiger partial charge is 0.266 e. The van der Waals surface area contributed by atoms with Gasteiger partial charge in [-0.1, -0.05) is 0 Å². The normalized spacial score (nSPS) is 10.9. The van der Waals surface area contributed by atoms with Gasteiger partial charge in [0.15, 0.2) is 5.78 Å². The van der Waals surface area contributed by atoms with Crippen LogP contribution in [0.25, 0.3) is 5.52 Å². The Bertz CT molecular complexity index is 724. The van der Waals surface area contributed by atoms with Gasteiger partial charge in [-0.3, -0.25) is 14.0 Å². The molecule has 2 aromatic rings. The molecule has 0 aromatic carbocycles. The fraction of sp³-hybridized carbons (Fsp3) is 0.333. The third kappa shape index (κ3) is 1.67. The van der Waals surface area contributed by atoms with Gasteiger partial charge in [0, 0.05) is 5.69 Å². The van der Waals surface area contributed by atoms with Crippen LogP contribution in [0.4, 0.5) is 0 Å². The summed E-state index contributed by atoms with van der Waals surface area (Å²) in [4.78, 5) is 23.9. The molecule has 0 amide bonds. The number of carbonyl (C=O) groups is 1. The summed E-state index contributed by atoms with van der Waals surface area (Å²) < 4.78 is 1.65. The second kappa shape index (κ2) is 4.09. The molecular weight excluding hydrogens is 226 g/mol. The van der Waals surface area contributed by atoms with Crippen LogP contribution in [0.5, 0.6) is 0 Å². The Hall–Kier alpha value is -1.90. The summed E-state index contributed by atoms with van der Waals surface area (Å²) in [5.74, 6) is -0.185. The van der Waals surface area contributed by atoms with Crippen LogP contribution in [0.3, 0.4) is 0 Å². The number of aryl methyl sites for hydroxylation is 3. The lowest BCUT2D eigenvalue weighted by molar-refractivity contribution is 0.101. The highest BCUT2D eigenvalue weighted by molar-refractivity contribution is 5.94. The van der Waals surface area contributed by atoms with Crippen molar-refractivity contribution in [3.8, 4) is 0 Å². The highest BCUT2D eigenvalue weighted by atomic mass is 16.1.